The number of rotatable bonds is 0. The van der Waals surface area contributed by atoms with Gasteiger partial charge in [0.25, 0.3) is 0 Å². The molecule has 0 aromatic carbocycles. The predicted molar refractivity (Wildman–Crippen MR) is 53.4 cm³/mol. The molecule has 1 heteroatoms. The van der Waals surface area contributed by atoms with Crippen molar-refractivity contribution in [1.29, 1.82) is 0 Å². The van der Waals surface area contributed by atoms with Crippen LogP contribution in [0, 0.1) is 17.3 Å². The van der Waals surface area contributed by atoms with Gasteiger partial charge < -0.3 is 0 Å². The molecule has 0 aromatic heterocycles. The third-order valence-electron chi connectivity index (χ3n) is 4.07. The Morgan fingerprint density at radius 3 is 2.92 bits per heavy atom. The van der Waals surface area contributed by atoms with Crippen LogP contribution in [0.5, 0.6) is 0 Å². The lowest BCUT2D eigenvalue weighted by molar-refractivity contribution is -0.136. The molecule has 0 spiro atoms. The zero-order valence-electron chi connectivity index (χ0n) is 8.55. The van der Waals surface area contributed by atoms with Crippen molar-refractivity contribution in [2.45, 2.75) is 39.5 Å². The Morgan fingerprint density at radius 2 is 2.23 bits per heavy atom. The fourth-order valence-corrected chi connectivity index (χ4v) is 3.01. The lowest BCUT2D eigenvalue weighted by Crippen LogP contribution is -2.44. The van der Waals surface area contributed by atoms with Crippen LogP contribution < -0.4 is 0 Å². The summed E-state index contributed by atoms with van der Waals surface area (Å²) in [6, 6.07) is 0. The number of hydrogen-bond donors (Lipinski definition) is 0. The van der Waals surface area contributed by atoms with Gasteiger partial charge in [-0.2, -0.15) is 0 Å². The van der Waals surface area contributed by atoms with Gasteiger partial charge in [0.05, 0.1) is 0 Å². The Balaban J connectivity index is 2.31. The molecule has 1 nitrogen and oxygen atoms in total. The molecule has 0 N–H and O–H groups in total. The molecular formula is C12H18O. The Bertz CT molecular complexity index is 254. The van der Waals surface area contributed by atoms with Crippen molar-refractivity contribution in [3.63, 3.8) is 0 Å². The zero-order valence-corrected chi connectivity index (χ0v) is 8.55. The van der Waals surface area contributed by atoms with E-state index in [9.17, 15) is 4.79 Å². The molecule has 0 amide bonds. The van der Waals surface area contributed by atoms with Gasteiger partial charge in [-0.1, -0.05) is 26.0 Å². The summed E-state index contributed by atoms with van der Waals surface area (Å²) in [6.45, 7) is 4.47. The zero-order chi connectivity index (χ0) is 9.47. The SMILES string of the molecule is CC1CCC(=O)C2(C)CC=CCC12. The van der Waals surface area contributed by atoms with Gasteiger partial charge in [-0.05, 0) is 31.1 Å². The number of ketones is 1. The summed E-state index contributed by atoms with van der Waals surface area (Å²) < 4.78 is 0. The minimum atomic E-state index is -0.0214. The van der Waals surface area contributed by atoms with Gasteiger partial charge in [0, 0.05) is 11.8 Å². The smallest absolute Gasteiger partial charge is 0.139 e. The summed E-state index contributed by atoms with van der Waals surface area (Å²) >= 11 is 0. The van der Waals surface area contributed by atoms with E-state index in [1.165, 1.54) is 0 Å². The van der Waals surface area contributed by atoms with E-state index in [0.717, 1.165) is 31.6 Å². The molecule has 0 heterocycles. The quantitative estimate of drug-likeness (QED) is 0.521. The van der Waals surface area contributed by atoms with Gasteiger partial charge in [0.1, 0.15) is 5.78 Å². The molecule has 2 aliphatic carbocycles. The first-order chi connectivity index (χ1) is 6.14. The Hall–Kier alpha value is -0.590. The molecule has 0 aliphatic heterocycles. The van der Waals surface area contributed by atoms with Gasteiger partial charge in [-0.25, -0.2) is 0 Å². The number of fused-ring (bicyclic) bond motifs is 1. The van der Waals surface area contributed by atoms with Crippen LogP contribution in [0.4, 0.5) is 0 Å². The Kier molecular flexibility index (Phi) is 2.05. The maximum absolute atomic E-state index is 11.9. The normalized spacial score (nSPS) is 44.6. The van der Waals surface area contributed by atoms with Gasteiger partial charge in [0.15, 0.2) is 0 Å². The molecular weight excluding hydrogens is 160 g/mol. The van der Waals surface area contributed by atoms with Gasteiger partial charge in [0.2, 0.25) is 0 Å². The first-order valence-electron chi connectivity index (χ1n) is 5.33. The third kappa shape index (κ3) is 1.25. The molecule has 3 atom stereocenters. The van der Waals surface area contributed by atoms with E-state index in [4.69, 9.17) is 0 Å². The van der Waals surface area contributed by atoms with Crippen molar-refractivity contribution in [2.24, 2.45) is 17.3 Å². The van der Waals surface area contributed by atoms with E-state index in [1.54, 1.807) is 0 Å². The van der Waals surface area contributed by atoms with E-state index >= 15 is 0 Å². The van der Waals surface area contributed by atoms with Crippen molar-refractivity contribution in [1.82, 2.24) is 0 Å². The number of carbonyl (C=O) groups excluding carboxylic acids is 1. The third-order valence-corrected chi connectivity index (χ3v) is 4.07. The van der Waals surface area contributed by atoms with E-state index in [1.807, 2.05) is 0 Å². The van der Waals surface area contributed by atoms with Crippen LogP contribution in [-0.4, -0.2) is 5.78 Å². The second-order valence-corrected chi connectivity index (χ2v) is 4.87. The molecule has 3 unspecified atom stereocenters. The summed E-state index contributed by atoms with van der Waals surface area (Å²) in [5.41, 5.74) is -0.0214. The lowest BCUT2D eigenvalue weighted by atomic mass is 9.58. The highest BCUT2D eigenvalue weighted by atomic mass is 16.1. The van der Waals surface area contributed by atoms with Crippen LogP contribution >= 0.6 is 0 Å². The van der Waals surface area contributed by atoms with Crippen molar-refractivity contribution >= 4 is 5.78 Å². The van der Waals surface area contributed by atoms with E-state index in [2.05, 4.69) is 26.0 Å². The number of allylic oxidation sites excluding steroid dienone is 2. The summed E-state index contributed by atoms with van der Waals surface area (Å²) in [5.74, 6) is 1.84. The minimum Gasteiger partial charge on any atom is -0.299 e. The highest BCUT2D eigenvalue weighted by molar-refractivity contribution is 5.86. The van der Waals surface area contributed by atoms with Crippen molar-refractivity contribution < 1.29 is 4.79 Å². The van der Waals surface area contributed by atoms with Crippen LogP contribution in [0.15, 0.2) is 12.2 Å². The highest BCUT2D eigenvalue weighted by Gasteiger charge is 2.45. The lowest BCUT2D eigenvalue weighted by Gasteiger charge is -2.45. The van der Waals surface area contributed by atoms with Crippen LogP contribution in [0.1, 0.15) is 39.5 Å². The molecule has 0 aromatic rings. The van der Waals surface area contributed by atoms with Crippen LogP contribution in [0.2, 0.25) is 0 Å². The minimum absolute atomic E-state index is 0.0214. The summed E-state index contributed by atoms with van der Waals surface area (Å²) in [5, 5.41) is 0. The average molecular weight is 178 g/mol. The van der Waals surface area contributed by atoms with E-state index < -0.39 is 0 Å². The topological polar surface area (TPSA) is 17.1 Å². The summed E-state index contributed by atoms with van der Waals surface area (Å²) in [4.78, 5) is 11.9. The first-order valence-corrected chi connectivity index (χ1v) is 5.33. The van der Waals surface area contributed by atoms with Crippen LogP contribution in [0.25, 0.3) is 0 Å². The standard InChI is InChI=1S/C12H18O/c1-9-6-7-11(13)12(2)8-4-3-5-10(9)12/h3-4,9-10H,5-8H2,1-2H3. The summed E-state index contributed by atoms with van der Waals surface area (Å²) in [7, 11) is 0. The van der Waals surface area contributed by atoms with Crippen molar-refractivity contribution in [3.05, 3.63) is 12.2 Å². The molecule has 1 saturated carbocycles. The van der Waals surface area contributed by atoms with Gasteiger partial charge in [-0.3, -0.25) is 4.79 Å². The Morgan fingerprint density at radius 1 is 1.46 bits per heavy atom. The first kappa shape index (κ1) is 8.98. The fourth-order valence-electron chi connectivity index (χ4n) is 3.01. The van der Waals surface area contributed by atoms with Crippen molar-refractivity contribution in [3.8, 4) is 0 Å². The maximum Gasteiger partial charge on any atom is 0.139 e. The van der Waals surface area contributed by atoms with E-state index in [0.29, 0.717) is 11.7 Å². The van der Waals surface area contributed by atoms with Crippen LogP contribution in [-0.2, 0) is 4.79 Å². The molecule has 0 radical (unpaired) electrons. The van der Waals surface area contributed by atoms with Gasteiger partial charge >= 0.3 is 0 Å². The molecule has 0 saturated heterocycles. The maximum atomic E-state index is 11.9. The molecule has 0 bridgehead atoms. The number of Topliss-reactive ketones (excluding diaryl/α,β-unsaturated/α-hetero) is 1. The average Bonchev–Trinajstić information content (AvgIpc) is 2.12. The summed E-state index contributed by atoms with van der Waals surface area (Å²) in [6.07, 6.45) is 8.44. The van der Waals surface area contributed by atoms with E-state index in [-0.39, 0.29) is 5.41 Å². The second-order valence-electron chi connectivity index (χ2n) is 4.87. The predicted octanol–water partition coefficient (Wildman–Crippen LogP) is 2.96. The van der Waals surface area contributed by atoms with Crippen LogP contribution in [0.3, 0.4) is 0 Å². The number of hydrogen-bond acceptors (Lipinski definition) is 1. The fraction of sp³-hybridized carbons (Fsp3) is 0.750. The highest BCUT2D eigenvalue weighted by Crippen LogP contribution is 2.48. The second kappa shape index (κ2) is 2.97. The largest absolute Gasteiger partial charge is 0.299 e. The monoisotopic (exact) mass is 178 g/mol. The molecule has 2 rings (SSSR count). The number of carbonyl (C=O) groups is 1. The molecule has 72 valence electrons. The van der Waals surface area contributed by atoms with Gasteiger partial charge in [-0.15, -0.1) is 0 Å². The molecule has 2 aliphatic rings. The van der Waals surface area contributed by atoms with Crippen molar-refractivity contribution in [2.75, 3.05) is 0 Å². The molecule has 1 fully saturated rings. The molecule has 13 heavy (non-hydrogen) atoms. The Labute approximate surface area is 80.2 Å².